The molecule has 2 rings (SSSR count). The highest BCUT2D eigenvalue weighted by Crippen LogP contribution is 2.31. The molecule has 1 saturated heterocycles. The van der Waals surface area contributed by atoms with Crippen molar-refractivity contribution in [2.45, 2.75) is 57.0 Å². The minimum atomic E-state index is 0.461. The topological polar surface area (TPSA) is 18.5 Å². The average Bonchev–Trinajstić information content (AvgIpc) is 2.35. The molecule has 1 unspecified atom stereocenters. The maximum absolute atomic E-state index is 3.86. The van der Waals surface area contributed by atoms with Crippen LogP contribution in [0.2, 0.25) is 0 Å². The van der Waals surface area contributed by atoms with Gasteiger partial charge in [0.25, 0.3) is 0 Å². The van der Waals surface area contributed by atoms with Crippen molar-refractivity contribution < 1.29 is 0 Å². The van der Waals surface area contributed by atoms with Crippen molar-refractivity contribution in [2.75, 3.05) is 40.3 Å². The van der Waals surface area contributed by atoms with Gasteiger partial charge >= 0.3 is 0 Å². The molecule has 1 atom stereocenters. The van der Waals surface area contributed by atoms with Crippen LogP contribution in [0.3, 0.4) is 0 Å². The maximum atomic E-state index is 3.86. The fourth-order valence-corrected chi connectivity index (χ4v) is 3.55. The van der Waals surface area contributed by atoms with Gasteiger partial charge in [-0.3, -0.25) is 4.90 Å². The van der Waals surface area contributed by atoms with Gasteiger partial charge in [-0.25, -0.2) is 0 Å². The molecule has 18 heavy (non-hydrogen) atoms. The van der Waals surface area contributed by atoms with Crippen LogP contribution in [-0.4, -0.2) is 61.7 Å². The normalized spacial score (nSPS) is 29.0. The van der Waals surface area contributed by atoms with Crippen molar-refractivity contribution in [3.05, 3.63) is 0 Å². The van der Waals surface area contributed by atoms with E-state index in [0.717, 1.165) is 0 Å². The molecule has 1 saturated carbocycles. The van der Waals surface area contributed by atoms with Crippen LogP contribution in [0.25, 0.3) is 0 Å². The van der Waals surface area contributed by atoms with Crippen molar-refractivity contribution in [3.8, 4) is 0 Å². The molecule has 0 aromatic heterocycles. The third kappa shape index (κ3) is 3.69. The van der Waals surface area contributed by atoms with Gasteiger partial charge in [0.15, 0.2) is 0 Å². The Morgan fingerprint density at radius 1 is 1.22 bits per heavy atom. The van der Waals surface area contributed by atoms with Crippen molar-refractivity contribution >= 4 is 0 Å². The molecule has 1 aliphatic carbocycles. The summed E-state index contributed by atoms with van der Waals surface area (Å²) in [5.74, 6) is 0. The van der Waals surface area contributed by atoms with Gasteiger partial charge in [-0.05, 0) is 53.4 Å². The molecule has 106 valence electrons. The Hall–Kier alpha value is -0.120. The van der Waals surface area contributed by atoms with E-state index in [1.165, 1.54) is 64.7 Å². The van der Waals surface area contributed by atoms with E-state index in [9.17, 15) is 0 Å². The van der Waals surface area contributed by atoms with E-state index in [0.29, 0.717) is 11.6 Å². The summed E-state index contributed by atoms with van der Waals surface area (Å²) < 4.78 is 0. The van der Waals surface area contributed by atoms with Gasteiger partial charge < -0.3 is 10.2 Å². The summed E-state index contributed by atoms with van der Waals surface area (Å²) >= 11 is 0. The Balaban J connectivity index is 1.84. The third-order valence-corrected chi connectivity index (χ3v) is 4.76. The third-order valence-electron chi connectivity index (χ3n) is 4.76. The fraction of sp³-hybridized carbons (Fsp3) is 1.00. The lowest BCUT2D eigenvalue weighted by atomic mass is 9.79. The molecule has 1 N–H and O–H groups in total. The Labute approximate surface area is 113 Å². The van der Waals surface area contributed by atoms with Gasteiger partial charge in [0, 0.05) is 24.7 Å². The zero-order valence-corrected chi connectivity index (χ0v) is 12.5. The van der Waals surface area contributed by atoms with Gasteiger partial charge in [-0.15, -0.1) is 0 Å². The van der Waals surface area contributed by atoms with E-state index in [1.54, 1.807) is 0 Å². The first-order valence-electron chi connectivity index (χ1n) is 7.75. The quantitative estimate of drug-likeness (QED) is 0.826. The summed E-state index contributed by atoms with van der Waals surface area (Å²) in [6.07, 6.45) is 8.38. The molecule has 1 aliphatic heterocycles. The van der Waals surface area contributed by atoms with Crippen LogP contribution in [0.1, 0.15) is 45.4 Å². The molecular weight excluding hydrogens is 222 g/mol. The number of nitrogens with zero attached hydrogens (tertiary/aromatic N) is 2. The zero-order chi connectivity index (χ0) is 13.0. The Bertz CT molecular complexity index is 246. The molecule has 1 heterocycles. The second kappa shape index (κ2) is 6.36. The molecule has 2 aliphatic rings. The molecule has 0 aromatic rings. The molecule has 0 aromatic carbocycles. The van der Waals surface area contributed by atoms with Gasteiger partial charge in [0.05, 0.1) is 0 Å². The largest absolute Gasteiger partial charge is 0.309 e. The predicted molar refractivity (Wildman–Crippen MR) is 78.0 cm³/mol. The molecule has 2 fully saturated rings. The van der Waals surface area contributed by atoms with Crippen molar-refractivity contribution in [3.63, 3.8) is 0 Å². The smallest absolute Gasteiger partial charge is 0.0309 e. The fourth-order valence-electron chi connectivity index (χ4n) is 3.55. The van der Waals surface area contributed by atoms with E-state index in [1.807, 2.05) is 0 Å². The van der Waals surface area contributed by atoms with Gasteiger partial charge in [-0.2, -0.15) is 0 Å². The number of nitrogens with one attached hydrogen (secondary N) is 1. The van der Waals surface area contributed by atoms with Crippen LogP contribution in [0.5, 0.6) is 0 Å². The molecule has 0 radical (unpaired) electrons. The first kappa shape index (κ1) is 14.3. The lowest BCUT2D eigenvalue weighted by Gasteiger charge is -2.49. The summed E-state index contributed by atoms with van der Waals surface area (Å²) in [5.41, 5.74) is 0.461. The number of hydrogen-bond acceptors (Lipinski definition) is 3. The summed E-state index contributed by atoms with van der Waals surface area (Å²) in [5, 5.41) is 3.86. The number of piperazine rings is 1. The minimum absolute atomic E-state index is 0.461. The lowest BCUT2D eigenvalue weighted by molar-refractivity contribution is 0.0607. The monoisotopic (exact) mass is 253 g/mol. The minimum Gasteiger partial charge on any atom is -0.309 e. The standard InChI is InChI=1S/C15H31N3/c1-14-12-16-15(8-5-4-6-9-15)13-18(14)11-7-10-17(2)3/h14,16H,4-13H2,1-3H3. The van der Waals surface area contributed by atoms with Crippen LogP contribution in [0, 0.1) is 0 Å². The Morgan fingerprint density at radius 2 is 1.94 bits per heavy atom. The van der Waals surface area contributed by atoms with E-state index >= 15 is 0 Å². The summed E-state index contributed by atoms with van der Waals surface area (Å²) in [4.78, 5) is 5.02. The van der Waals surface area contributed by atoms with Gasteiger partial charge in [-0.1, -0.05) is 19.3 Å². The van der Waals surface area contributed by atoms with Crippen LogP contribution < -0.4 is 5.32 Å². The zero-order valence-electron chi connectivity index (χ0n) is 12.5. The molecule has 0 bridgehead atoms. The predicted octanol–water partition coefficient (Wildman–Crippen LogP) is 1.93. The van der Waals surface area contributed by atoms with E-state index in [-0.39, 0.29) is 0 Å². The van der Waals surface area contributed by atoms with Crippen LogP contribution in [-0.2, 0) is 0 Å². The summed E-state index contributed by atoms with van der Waals surface area (Å²) in [6, 6.07) is 0.708. The Morgan fingerprint density at radius 3 is 2.61 bits per heavy atom. The van der Waals surface area contributed by atoms with Crippen LogP contribution >= 0.6 is 0 Å². The van der Waals surface area contributed by atoms with E-state index in [2.05, 4.69) is 36.1 Å². The second-order valence-electron chi connectivity index (χ2n) is 6.70. The molecule has 3 heteroatoms. The summed E-state index contributed by atoms with van der Waals surface area (Å²) in [6.45, 7) is 7.31. The second-order valence-corrected chi connectivity index (χ2v) is 6.70. The number of hydrogen-bond donors (Lipinski definition) is 1. The first-order chi connectivity index (χ1) is 8.61. The van der Waals surface area contributed by atoms with Crippen LogP contribution in [0.15, 0.2) is 0 Å². The SMILES string of the molecule is CC1CNC2(CCCCC2)CN1CCCN(C)C. The highest BCUT2D eigenvalue weighted by molar-refractivity contribution is 4.98. The van der Waals surface area contributed by atoms with Gasteiger partial charge in [0.1, 0.15) is 0 Å². The van der Waals surface area contributed by atoms with Gasteiger partial charge in [0.2, 0.25) is 0 Å². The Kier molecular flexibility index (Phi) is 5.05. The molecular formula is C15H31N3. The molecule has 0 amide bonds. The lowest BCUT2D eigenvalue weighted by Crippen LogP contribution is -2.64. The summed E-state index contributed by atoms with van der Waals surface area (Å²) in [7, 11) is 4.34. The van der Waals surface area contributed by atoms with Crippen molar-refractivity contribution in [1.82, 2.24) is 15.1 Å². The average molecular weight is 253 g/mol. The van der Waals surface area contributed by atoms with Crippen molar-refractivity contribution in [2.24, 2.45) is 0 Å². The van der Waals surface area contributed by atoms with Crippen LogP contribution in [0.4, 0.5) is 0 Å². The molecule has 1 spiro atoms. The highest BCUT2D eigenvalue weighted by Gasteiger charge is 2.38. The van der Waals surface area contributed by atoms with E-state index in [4.69, 9.17) is 0 Å². The highest BCUT2D eigenvalue weighted by atomic mass is 15.2. The maximum Gasteiger partial charge on any atom is 0.0309 e. The van der Waals surface area contributed by atoms with E-state index < -0.39 is 0 Å². The van der Waals surface area contributed by atoms with Crippen molar-refractivity contribution in [1.29, 1.82) is 0 Å². The first-order valence-corrected chi connectivity index (χ1v) is 7.75. The molecule has 3 nitrogen and oxygen atoms in total. The number of rotatable bonds is 4.